The van der Waals surface area contributed by atoms with Crippen molar-refractivity contribution in [1.29, 1.82) is 0 Å². The third-order valence-electron chi connectivity index (χ3n) is 2.05. The van der Waals surface area contributed by atoms with Crippen LogP contribution >= 0.6 is 0 Å². The molecule has 2 rings (SSSR count). The molecule has 0 atom stereocenters. The minimum absolute atomic E-state index is 0.517. The molecule has 1 fully saturated rings. The summed E-state index contributed by atoms with van der Waals surface area (Å²) >= 11 is 0. The first-order valence-corrected chi connectivity index (χ1v) is 4.16. The lowest BCUT2D eigenvalue weighted by molar-refractivity contribution is 0.312. The number of aromatic nitrogens is 3. The van der Waals surface area contributed by atoms with Crippen molar-refractivity contribution in [3.8, 4) is 0 Å². The van der Waals surface area contributed by atoms with Crippen molar-refractivity contribution >= 4 is 0 Å². The Morgan fingerprint density at radius 2 is 2.58 bits per heavy atom. The largest absolute Gasteiger partial charge is 0.314 e. The fourth-order valence-electron chi connectivity index (χ4n) is 1.21. The highest BCUT2D eigenvalue weighted by atomic mass is 15.5. The molecule has 2 heterocycles. The molecule has 0 saturated carbocycles. The van der Waals surface area contributed by atoms with Crippen LogP contribution in [-0.4, -0.2) is 35.1 Å². The van der Waals surface area contributed by atoms with Gasteiger partial charge in [-0.3, -0.25) is 0 Å². The zero-order chi connectivity index (χ0) is 8.39. The van der Waals surface area contributed by atoms with E-state index in [1.165, 1.54) is 0 Å². The minimum atomic E-state index is 0.517. The predicted molar refractivity (Wildman–Crippen MR) is 44.7 cm³/mol. The zero-order valence-electron chi connectivity index (χ0n) is 7.12. The Balaban J connectivity index is 2.02. The van der Waals surface area contributed by atoms with E-state index >= 15 is 0 Å². The molecule has 5 nitrogen and oxygen atoms in total. The second-order valence-electron chi connectivity index (χ2n) is 3.03. The first-order valence-electron chi connectivity index (χ1n) is 4.16. The molecule has 1 aliphatic rings. The van der Waals surface area contributed by atoms with Crippen LogP contribution in [0.25, 0.3) is 0 Å². The molecule has 0 spiro atoms. The highest BCUT2D eigenvalue weighted by Crippen LogP contribution is 2.09. The topological polar surface area (TPSA) is 54.8 Å². The van der Waals surface area contributed by atoms with Gasteiger partial charge in [0.05, 0.1) is 17.9 Å². The minimum Gasteiger partial charge on any atom is -0.314 e. The van der Waals surface area contributed by atoms with Gasteiger partial charge >= 0.3 is 0 Å². The fourth-order valence-corrected chi connectivity index (χ4v) is 1.21. The Kier molecular flexibility index (Phi) is 2.05. The van der Waals surface area contributed by atoms with Gasteiger partial charge in [0.25, 0.3) is 0 Å². The molecule has 0 aromatic carbocycles. The van der Waals surface area contributed by atoms with E-state index in [4.69, 9.17) is 0 Å². The van der Waals surface area contributed by atoms with Gasteiger partial charge in [0.15, 0.2) is 0 Å². The van der Waals surface area contributed by atoms with E-state index in [-0.39, 0.29) is 0 Å². The van der Waals surface area contributed by atoms with Crippen LogP contribution in [0.15, 0.2) is 6.20 Å². The lowest BCUT2D eigenvalue weighted by atomic mass is 10.2. The molecular weight excluding hydrogens is 154 g/mol. The summed E-state index contributed by atoms with van der Waals surface area (Å²) in [6.45, 7) is 2.82. The van der Waals surface area contributed by atoms with Gasteiger partial charge in [0.1, 0.15) is 0 Å². The summed E-state index contributed by atoms with van der Waals surface area (Å²) in [5.41, 5.74) is 1.00. The van der Waals surface area contributed by atoms with E-state index in [0.29, 0.717) is 6.04 Å². The number of nitrogens with zero attached hydrogens (tertiary/aromatic N) is 3. The number of hydrogen-bond donors (Lipinski definition) is 2. The van der Waals surface area contributed by atoms with Crippen LogP contribution in [0.2, 0.25) is 0 Å². The summed E-state index contributed by atoms with van der Waals surface area (Å²) in [5.74, 6) is 0. The Bertz CT molecular complexity index is 252. The Hall–Kier alpha value is -0.940. The van der Waals surface area contributed by atoms with Gasteiger partial charge in [-0.15, -0.1) is 5.10 Å². The Morgan fingerprint density at radius 1 is 1.75 bits per heavy atom. The van der Waals surface area contributed by atoms with E-state index in [1.54, 1.807) is 0 Å². The monoisotopic (exact) mass is 167 g/mol. The molecule has 1 aliphatic heterocycles. The van der Waals surface area contributed by atoms with Crippen LogP contribution in [0.3, 0.4) is 0 Å². The molecule has 2 N–H and O–H groups in total. The average molecular weight is 167 g/mol. The number of hydrogen-bond acceptors (Lipinski definition) is 4. The molecule has 1 aromatic heterocycles. The molecule has 66 valence electrons. The van der Waals surface area contributed by atoms with Crippen LogP contribution in [-0.2, 0) is 6.54 Å². The van der Waals surface area contributed by atoms with Gasteiger partial charge in [-0.1, -0.05) is 5.21 Å². The van der Waals surface area contributed by atoms with Crippen LogP contribution < -0.4 is 10.6 Å². The van der Waals surface area contributed by atoms with Crippen molar-refractivity contribution in [3.63, 3.8) is 0 Å². The summed E-state index contributed by atoms with van der Waals surface area (Å²) in [6.07, 6.45) is 2.00. The summed E-state index contributed by atoms with van der Waals surface area (Å²) in [6, 6.07) is 0.517. The van der Waals surface area contributed by atoms with Gasteiger partial charge in [-0.25, -0.2) is 4.68 Å². The van der Waals surface area contributed by atoms with E-state index in [2.05, 4.69) is 20.9 Å². The highest BCUT2D eigenvalue weighted by molar-refractivity contribution is 4.94. The third-order valence-corrected chi connectivity index (χ3v) is 2.05. The first kappa shape index (κ1) is 7.70. The SMILES string of the molecule is CNCc1cn(C2CNC2)nn1. The number of nitrogens with one attached hydrogen (secondary N) is 2. The summed E-state index contributed by atoms with van der Waals surface area (Å²) < 4.78 is 1.93. The van der Waals surface area contributed by atoms with Crippen molar-refractivity contribution in [2.75, 3.05) is 20.1 Å². The molecule has 0 aliphatic carbocycles. The second kappa shape index (κ2) is 3.20. The van der Waals surface area contributed by atoms with Gasteiger partial charge in [0, 0.05) is 19.6 Å². The molecule has 0 amide bonds. The molecule has 0 unspecified atom stereocenters. The van der Waals surface area contributed by atoms with E-state index < -0.39 is 0 Å². The van der Waals surface area contributed by atoms with Crippen molar-refractivity contribution in [2.45, 2.75) is 12.6 Å². The highest BCUT2D eigenvalue weighted by Gasteiger charge is 2.19. The number of rotatable bonds is 3. The first-order chi connectivity index (χ1) is 5.90. The Labute approximate surface area is 71.1 Å². The lowest BCUT2D eigenvalue weighted by Gasteiger charge is -2.26. The van der Waals surface area contributed by atoms with E-state index in [1.807, 2.05) is 17.9 Å². The summed E-state index contributed by atoms with van der Waals surface area (Å²) in [5, 5.41) is 14.3. The van der Waals surface area contributed by atoms with Crippen molar-refractivity contribution in [1.82, 2.24) is 25.6 Å². The van der Waals surface area contributed by atoms with Crippen molar-refractivity contribution < 1.29 is 0 Å². The maximum absolute atomic E-state index is 4.04. The molecule has 0 bridgehead atoms. The second-order valence-corrected chi connectivity index (χ2v) is 3.03. The van der Waals surface area contributed by atoms with Crippen LogP contribution in [0.1, 0.15) is 11.7 Å². The molecule has 0 radical (unpaired) electrons. The Morgan fingerprint density at radius 3 is 3.17 bits per heavy atom. The van der Waals surface area contributed by atoms with Gasteiger partial charge in [-0.2, -0.15) is 0 Å². The van der Waals surface area contributed by atoms with Crippen molar-refractivity contribution in [2.24, 2.45) is 0 Å². The smallest absolute Gasteiger partial charge is 0.0964 e. The van der Waals surface area contributed by atoms with E-state index in [0.717, 1.165) is 25.3 Å². The maximum atomic E-state index is 4.04. The molecule has 1 aromatic rings. The molecule has 12 heavy (non-hydrogen) atoms. The summed E-state index contributed by atoms with van der Waals surface area (Å²) in [4.78, 5) is 0. The predicted octanol–water partition coefficient (Wildman–Crippen LogP) is -0.858. The normalized spacial score (nSPS) is 17.8. The van der Waals surface area contributed by atoms with E-state index in [9.17, 15) is 0 Å². The standard InChI is InChI=1S/C7H13N5/c1-8-2-6-5-12(11-10-6)7-3-9-4-7/h5,7-9H,2-4H2,1H3. The maximum Gasteiger partial charge on any atom is 0.0964 e. The molecule has 5 heteroatoms. The molecule has 1 saturated heterocycles. The van der Waals surface area contributed by atoms with Gasteiger partial charge in [-0.05, 0) is 7.05 Å². The van der Waals surface area contributed by atoms with Crippen LogP contribution in [0.5, 0.6) is 0 Å². The van der Waals surface area contributed by atoms with Gasteiger partial charge < -0.3 is 10.6 Å². The fraction of sp³-hybridized carbons (Fsp3) is 0.714. The van der Waals surface area contributed by atoms with Gasteiger partial charge in [0.2, 0.25) is 0 Å². The van der Waals surface area contributed by atoms with Crippen LogP contribution in [0, 0.1) is 0 Å². The molecular formula is C7H13N5. The average Bonchev–Trinajstić information content (AvgIpc) is 2.34. The summed E-state index contributed by atoms with van der Waals surface area (Å²) in [7, 11) is 1.91. The lowest BCUT2D eigenvalue weighted by Crippen LogP contribution is -2.43. The van der Waals surface area contributed by atoms with Crippen LogP contribution in [0.4, 0.5) is 0 Å². The third kappa shape index (κ3) is 1.33. The quantitative estimate of drug-likeness (QED) is 0.615. The zero-order valence-corrected chi connectivity index (χ0v) is 7.12. The van der Waals surface area contributed by atoms with Crippen molar-refractivity contribution in [3.05, 3.63) is 11.9 Å².